The molecule has 24 heavy (non-hydrogen) atoms. The lowest BCUT2D eigenvalue weighted by atomic mass is 10.0. The normalized spacial score (nSPS) is 31.5. The van der Waals surface area contributed by atoms with Gasteiger partial charge in [0.05, 0.1) is 12.7 Å². The van der Waals surface area contributed by atoms with Crippen molar-refractivity contribution in [3.8, 4) is 5.75 Å². The monoisotopic (exact) mass is 329 g/mol. The smallest absolute Gasteiger partial charge is 0.124 e. The highest BCUT2D eigenvalue weighted by atomic mass is 16.5. The molecule has 0 spiro atoms. The molecule has 4 rings (SSSR count). The summed E-state index contributed by atoms with van der Waals surface area (Å²) in [5.41, 5.74) is 4.39. The fraction of sp³-hybridized carbons (Fsp3) is 0.714. The van der Waals surface area contributed by atoms with E-state index < -0.39 is 0 Å². The van der Waals surface area contributed by atoms with Gasteiger partial charge < -0.3 is 9.84 Å². The molecule has 2 fully saturated rings. The molecule has 2 saturated carbocycles. The third kappa shape index (κ3) is 3.09. The molecule has 0 aromatic heterocycles. The fourth-order valence-corrected chi connectivity index (χ4v) is 5.38. The summed E-state index contributed by atoms with van der Waals surface area (Å²) in [5, 5.41) is 9.85. The van der Waals surface area contributed by atoms with Crippen molar-refractivity contribution >= 4 is 0 Å². The number of hydrogen-bond acceptors (Lipinski definition) is 3. The minimum Gasteiger partial charge on any atom is -0.494 e. The highest BCUT2D eigenvalue weighted by Crippen LogP contribution is 2.45. The summed E-state index contributed by atoms with van der Waals surface area (Å²) in [6.45, 7) is 3.79. The molecular weight excluding hydrogens is 298 g/mol. The molecular formula is C21H31NO2. The molecule has 1 N–H and O–H groups in total. The van der Waals surface area contributed by atoms with E-state index >= 15 is 0 Å². The van der Waals surface area contributed by atoms with Crippen LogP contribution in [0.15, 0.2) is 12.1 Å². The van der Waals surface area contributed by atoms with Crippen molar-refractivity contribution in [1.29, 1.82) is 0 Å². The van der Waals surface area contributed by atoms with Crippen LogP contribution in [0.5, 0.6) is 5.75 Å². The predicted molar refractivity (Wildman–Crippen MR) is 96.3 cm³/mol. The van der Waals surface area contributed by atoms with Gasteiger partial charge in [-0.2, -0.15) is 0 Å². The van der Waals surface area contributed by atoms with Crippen LogP contribution in [0, 0.1) is 11.8 Å². The Morgan fingerprint density at radius 3 is 2.42 bits per heavy atom. The Bertz CT molecular complexity index is 586. The van der Waals surface area contributed by atoms with Gasteiger partial charge in [0.2, 0.25) is 0 Å². The summed E-state index contributed by atoms with van der Waals surface area (Å²) in [7, 11) is 2.27. The molecule has 4 atom stereocenters. The van der Waals surface area contributed by atoms with Gasteiger partial charge in [-0.3, -0.25) is 4.90 Å². The molecule has 0 heterocycles. The second-order valence-corrected chi connectivity index (χ2v) is 8.20. The van der Waals surface area contributed by atoms with E-state index in [1.807, 2.05) is 0 Å². The van der Waals surface area contributed by atoms with Crippen molar-refractivity contribution in [1.82, 2.24) is 4.90 Å². The van der Waals surface area contributed by atoms with E-state index in [4.69, 9.17) is 4.74 Å². The molecule has 3 nitrogen and oxygen atoms in total. The third-order valence-electron chi connectivity index (χ3n) is 6.58. The van der Waals surface area contributed by atoms with Crippen molar-refractivity contribution < 1.29 is 9.84 Å². The minimum atomic E-state index is -0.0347. The summed E-state index contributed by atoms with van der Waals surface area (Å²) < 4.78 is 5.95. The Labute approximate surface area is 146 Å². The van der Waals surface area contributed by atoms with E-state index in [0.29, 0.717) is 6.04 Å². The van der Waals surface area contributed by atoms with Crippen molar-refractivity contribution in [3.05, 3.63) is 28.8 Å². The van der Waals surface area contributed by atoms with Gasteiger partial charge >= 0.3 is 0 Å². The Kier molecular flexibility index (Phi) is 4.57. The average Bonchev–Trinajstić information content (AvgIpc) is 3.21. The standard InChI is InChI=1S/C21H31NO2/c1-3-24-21-12-15-6-4-5-14(15)7-18(21)13-22(2)19-8-16-10-20(23)11-17(16)9-19/h7,12,16-17,19-20,23H,3-6,8-11,13H2,1-2H3/t16-,17+,19?,20?. The highest BCUT2D eigenvalue weighted by molar-refractivity contribution is 5.45. The topological polar surface area (TPSA) is 32.7 Å². The lowest BCUT2D eigenvalue weighted by molar-refractivity contribution is 0.157. The molecule has 3 heteroatoms. The summed E-state index contributed by atoms with van der Waals surface area (Å²) in [4.78, 5) is 2.53. The molecule has 1 aromatic carbocycles. The molecule has 3 aliphatic rings. The number of rotatable bonds is 5. The number of ether oxygens (including phenoxy) is 1. The zero-order chi connectivity index (χ0) is 16.7. The van der Waals surface area contributed by atoms with Crippen LogP contribution in [0.1, 0.15) is 55.7 Å². The largest absolute Gasteiger partial charge is 0.494 e. The van der Waals surface area contributed by atoms with Crippen molar-refractivity contribution in [2.45, 2.75) is 70.6 Å². The zero-order valence-corrected chi connectivity index (χ0v) is 15.1. The number of aryl methyl sites for hydroxylation is 2. The van der Waals surface area contributed by atoms with E-state index in [9.17, 15) is 5.11 Å². The van der Waals surface area contributed by atoms with Gasteiger partial charge in [0.1, 0.15) is 5.75 Å². The molecule has 0 bridgehead atoms. The molecule has 0 radical (unpaired) electrons. The van der Waals surface area contributed by atoms with Crippen LogP contribution in [-0.4, -0.2) is 35.8 Å². The maximum absolute atomic E-state index is 9.85. The molecule has 0 aliphatic heterocycles. The first-order valence-corrected chi connectivity index (χ1v) is 9.79. The van der Waals surface area contributed by atoms with E-state index in [1.54, 1.807) is 0 Å². The fourth-order valence-electron chi connectivity index (χ4n) is 5.38. The van der Waals surface area contributed by atoms with Crippen LogP contribution in [0.3, 0.4) is 0 Å². The number of benzene rings is 1. The predicted octanol–water partition coefficient (Wildman–Crippen LogP) is 3.56. The molecule has 0 saturated heterocycles. The van der Waals surface area contributed by atoms with Gasteiger partial charge in [0.25, 0.3) is 0 Å². The van der Waals surface area contributed by atoms with Crippen LogP contribution < -0.4 is 4.74 Å². The van der Waals surface area contributed by atoms with Crippen LogP contribution in [-0.2, 0) is 19.4 Å². The van der Waals surface area contributed by atoms with E-state index in [0.717, 1.165) is 43.6 Å². The second kappa shape index (κ2) is 6.68. The maximum atomic E-state index is 9.85. The third-order valence-corrected chi connectivity index (χ3v) is 6.58. The zero-order valence-electron chi connectivity index (χ0n) is 15.1. The van der Waals surface area contributed by atoms with Crippen LogP contribution in [0.2, 0.25) is 0 Å². The number of aliphatic hydroxyl groups excluding tert-OH is 1. The number of hydrogen-bond donors (Lipinski definition) is 1. The SMILES string of the molecule is CCOc1cc2c(cc1CN(C)C1C[C@H]3CC(O)C[C@H]3C1)CCC2. The quantitative estimate of drug-likeness (QED) is 0.896. The molecule has 0 amide bonds. The lowest BCUT2D eigenvalue weighted by Gasteiger charge is -2.26. The first kappa shape index (κ1) is 16.4. The minimum absolute atomic E-state index is 0.0347. The number of aliphatic hydroxyl groups is 1. The van der Waals surface area contributed by atoms with Gasteiger partial charge in [-0.15, -0.1) is 0 Å². The van der Waals surface area contributed by atoms with Crippen molar-refractivity contribution in [2.75, 3.05) is 13.7 Å². The first-order valence-electron chi connectivity index (χ1n) is 9.79. The van der Waals surface area contributed by atoms with Crippen molar-refractivity contribution in [2.24, 2.45) is 11.8 Å². The Morgan fingerprint density at radius 1 is 1.08 bits per heavy atom. The van der Waals surface area contributed by atoms with Crippen LogP contribution in [0.4, 0.5) is 0 Å². The molecule has 3 aliphatic carbocycles. The second-order valence-electron chi connectivity index (χ2n) is 8.20. The van der Waals surface area contributed by atoms with Crippen LogP contribution >= 0.6 is 0 Å². The van der Waals surface area contributed by atoms with E-state index in [2.05, 4.69) is 31.0 Å². The van der Waals surface area contributed by atoms with Crippen LogP contribution in [0.25, 0.3) is 0 Å². The number of fused-ring (bicyclic) bond motifs is 2. The van der Waals surface area contributed by atoms with Gasteiger partial charge in [-0.1, -0.05) is 6.07 Å². The Hall–Kier alpha value is -1.06. The number of nitrogens with zero attached hydrogens (tertiary/aromatic N) is 1. The Balaban J connectivity index is 1.47. The van der Waals surface area contributed by atoms with Gasteiger partial charge in [0.15, 0.2) is 0 Å². The highest BCUT2D eigenvalue weighted by Gasteiger charge is 2.42. The lowest BCUT2D eigenvalue weighted by Crippen LogP contribution is -2.30. The molecule has 2 unspecified atom stereocenters. The van der Waals surface area contributed by atoms with Gasteiger partial charge in [-0.25, -0.2) is 0 Å². The molecule has 1 aromatic rings. The summed E-state index contributed by atoms with van der Waals surface area (Å²) in [5.74, 6) is 2.59. The summed E-state index contributed by atoms with van der Waals surface area (Å²) >= 11 is 0. The Morgan fingerprint density at radius 2 is 1.75 bits per heavy atom. The molecule has 132 valence electrons. The first-order chi connectivity index (χ1) is 11.6. The maximum Gasteiger partial charge on any atom is 0.124 e. The van der Waals surface area contributed by atoms with E-state index in [-0.39, 0.29) is 6.10 Å². The van der Waals surface area contributed by atoms with E-state index in [1.165, 1.54) is 48.8 Å². The summed E-state index contributed by atoms with van der Waals surface area (Å²) in [6.07, 6.45) is 8.25. The van der Waals surface area contributed by atoms with Gasteiger partial charge in [-0.05, 0) is 87.9 Å². The van der Waals surface area contributed by atoms with Gasteiger partial charge in [0, 0.05) is 18.2 Å². The van der Waals surface area contributed by atoms with Crippen molar-refractivity contribution in [3.63, 3.8) is 0 Å². The summed E-state index contributed by atoms with van der Waals surface area (Å²) in [6, 6.07) is 5.37. The average molecular weight is 329 g/mol.